The standard InChI is InChI=1S/C19H19N3/c1-2-13-4-3-5-15(10-13)17-9-8-14-6-7-16(11-18(14)17)19-20-12-21-22-19/h3-7,10-12,17H,2,8-9H2,1H3,(H,20,21,22). The Bertz CT molecular complexity index is 790. The van der Waals surface area contributed by atoms with Crippen LogP contribution >= 0.6 is 0 Å². The van der Waals surface area contributed by atoms with Crippen molar-refractivity contribution in [3.05, 3.63) is 71.0 Å². The number of nitrogens with zero attached hydrogens (tertiary/aromatic N) is 2. The molecule has 0 radical (unpaired) electrons. The summed E-state index contributed by atoms with van der Waals surface area (Å²) in [6.07, 6.45) is 5.01. The minimum atomic E-state index is 0.504. The number of rotatable bonds is 3. The van der Waals surface area contributed by atoms with Crippen molar-refractivity contribution < 1.29 is 0 Å². The monoisotopic (exact) mass is 289 g/mol. The Balaban J connectivity index is 1.76. The number of hydrogen-bond acceptors (Lipinski definition) is 2. The van der Waals surface area contributed by atoms with E-state index in [0.29, 0.717) is 5.92 Å². The lowest BCUT2D eigenvalue weighted by Crippen LogP contribution is -1.98. The molecule has 1 aromatic heterocycles. The Morgan fingerprint density at radius 2 is 2.14 bits per heavy atom. The van der Waals surface area contributed by atoms with Crippen LogP contribution in [-0.2, 0) is 12.8 Å². The zero-order valence-electron chi connectivity index (χ0n) is 12.7. The maximum atomic E-state index is 4.27. The molecule has 4 rings (SSSR count). The molecule has 2 aromatic carbocycles. The molecule has 0 spiro atoms. The first kappa shape index (κ1) is 13.3. The van der Waals surface area contributed by atoms with Crippen LogP contribution in [0.1, 0.15) is 41.5 Å². The summed E-state index contributed by atoms with van der Waals surface area (Å²) >= 11 is 0. The second-order valence-electron chi connectivity index (χ2n) is 5.94. The summed E-state index contributed by atoms with van der Waals surface area (Å²) in [6.45, 7) is 2.21. The van der Waals surface area contributed by atoms with Gasteiger partial charge < -0.3 is 0 Å². The Morgan fingerprint density at radius 3 is 2.95 bits per heavy atom. The van der Waals surface area contributed by atoms with Gasteiger partial charge in [-0.05, 0) is 47.6 Å². The second kappa shape index (κ2) is 5.41. The lowest BCUT2D eigenvalue weighted by molar-refractivity contribution is 0.786. The molecule has 0 saturated heterocycles. The summed E-state index contributed by atoms with van der Waals surface area (Å²) < 4.78 is 0. The molecule has 0 saturated carbocycles. The van der Waals surface area contributed by atoms with Crippen LogP contribution in [0.2, 0.25) is 0 Å². The summed E-state index contributed by atoms with van der Waals surface area (Å²) in [5.74, 6) is 1.35. The first-order chi connectivity index (χ1) is 10.8. The van der Waals surface area contributed by atoms with Crippen LogP contribution in [0.15, 0.2) is 48.8 Å². The van der Waals surface area contributed by atoms with Crippen LogP contribution in [-0.4, -0.2) is 15.2 Å². The molecule has 110 valence electrons. The number of aromatic nitrogens is 3. The number of aryl methyl sites for hydroxylation is 2. The van der Waals surface area contributed by atoms with E-state index in [1.54, 1.807) is 6.33 Å². The fourth-order valence-corrected chi connectivity index (χ4v) is 3.47. The number of nitrogens with one attached hydrogen (secondary N) is 1. The third-order valence-electron chi connectivity index (χ3n) is 4.67. The van der Waals surface area contributed by atoms with Gasteiger partial charge in [-0.2, -0.15) is 5.10 Å². The van der Waals surface area contributed by atoms with E-state index in [9.17, 15) is 0 Å². The molecule has 1 aliphatic carbocycles. The summed E-state index contributed by atoms with van der Waals surface area (Å²) in [6, 6.07) is 15.7. The fraction of sp³-hybridized carbons (Fsp3) is 0.263. The average Bonchev–Trinajstić information content (AvgIpc) is 3.23. The first-order valence-corrected chi connectivity index (χ1v) is 7.92. The molecular weight excluding hydrogens is 270 g/mol. The molecule has 0 amide bonds. The highest BCUT2D eigenvalue weighted by atomic mass is 15.2. The van der Waals surface area contributed by atoms with Gasteiger partial charge in [0.1, 0.15) is 6.33 Å². The van der Waals surface area contributed by atoms with Gasteiger partial charge in [0.15, 0.2) is 5.82 Å². The highest BCUT2D eigenvalue weighted by Gasteiger charge is 2.24. The minimum Gasteiger partial charge on any atom is -0.259 e. The largest absolute Gasteiger partial charge is 0.259 e. The highest BCUT2D eigenvalue weighted by Crippen LogP contribution is 2.39. The van der Waals surface area contributed by atoms with Crippen LogP contribution in [0.25, 0.3) is 11.4 Å². The molecule has 0 aliphatic heterocycles. The van der Waals surface area contributed by atoms with Crippen LogP contribution in [0.3, 0.4) is 0 Å². The molecule has 1 atom stereocenters. The van der Waals surface area contributed by atoms with E-state index >= 15 is 0 Å². The van der Waals surface area contributed by atoms with E-state index in [1.807, 2.05) is 0 Å². The molecule has 3 aromatic rings. The third-order valence-corrected chi connectivity index (χ3v) is 4.67. The predicted octanol–water partition coefficient (Wildman–Crippen LogP) is 4.11. The fourth-order valence-electron chi connectivity index (χ4n) is 3.47. The van der Waals surface area contributed by atoms with Crippen LogP contribution in [0, 0.1) is 0 Å². The van der Waals surface area contributed by atoms with Gasteiger partial charge in [0.2, 0.25) is 0 Å². The van der Waals surface area contributed by atoms with Gasteiger partial charge in [0, 0.05) is 11.5 Å². The Kier molecular flexibility index (Phi) is 3.26. The van der Waals surface area contributed by atoms with E-state index in [4.69, 9.17) is 0 Å². The van der Waals surface area contributed by atoms with Crippen molar-refractivity contribution >= 4 is 0 Å². The van der Waals surface area contributed by atoms with Crippen molar-refractivity contribution in [3.8, 4) is 11.4 Å². The SMILES string of the molecule is CCc1cccc(C2CCc3ccc(-c4ncn[nH]4)cc32)c1. The summed E-state index contributed by atoms with van der Waals surface area (Å²) in [5.41, 5.74) is 6.89. The van der Waals surface area contributed by atoms with Crippen molar-refractivity contribution in [3.63, 3.8) is 0 Å². The van der Waals surface area contributed by atoms with Gasteiger partial charge >= 0.3 is 0 Å². The smallest absolute Gasteiger partial charge is 0.155 e. The van der Waals surface area contributed by atoms with Crippen molar-refractivity contribution in [2.75, 3.05) is 0 Å². The van der Waals surface area contributed by atoms with E-state index in [0.717, 1.165) is 24.2 Å². The quantitative estimate of drug-likeness (QED) is 0.788. The van der Waals surface area contributed by atoms with Gasteiger partial charge in [0.05, 0.1) is 0 Å². The number of benzene rings is 2. The Morgan fingerprint density at radius 1 is 1.18 bits per heavy atom. The second-order valence-corrected chi connectivity index (χ2v) is 5.94. The van der Waals surface area contributed by atoms with Crippen molar-refractivity contribution in [1.29, 1.82) is 0 Å². The number of fused-ring (bicyclic) bond motifs is 1. The van der Waals surface area contributed by atoms with Gasteiger partial charge in [-0.25, -0.2) is 4.98 Å². The van der Waals surface area contributed by atoms with Crippen LogP contribution in [0.5, 0.6) is 0 Å². The average molecular weight is 289 g/mol. The van der Waals surface area contributed by atoms with E-state index in [2.05, 4.69) is 64.6 Å². The number of aromatic amines is 1. The van der Waals surface area contributed by atoms with E-state index < -0.39 is 0 Å². The third kappa shape index (κ3) is 2.23. The van der Waals surface area contributed by atoms with Crippen molar-refractivity contribution in [2.45, 2.75) is 32.1 Å². The van der Waals surface area contributed by atoms with Gasteiger partial charge in [-0.1, -0.05) is 43.3 Å². The number of hydrogen-bond donors (Lipinski definition) is 1. The zero-order chi connectivity index (χ0) is 14.9. The van der Waals surface area contributed by atoms with Gasteiger partial charge in [-0.3, -0.25) is 5.10 Å². The normalized spacial score (nSPS) is 16.7. The maximum Gasteiger partial charge on any atom is 0.155 e. The predicted molar refractivity (Wildman–Crippen MR) is 87.8 cm³/mol. The lowest BCUT2D eigenvalue weighted by Gasteiger charge is -2.14. The minimum absolute atomic E-state index is 0.504. The van der Waals surface area contributed by atoms with E-state index in [-0.39, 0.29) is 0 Å². The van der Waals surface area contributed by atoms with Crippen molar-refractivity contribution in [2.24, 2.45) is 0 Å². The zero-order valence-corrected chi connectivity index (χ0v) is 12.7. The van der Waals surface area contributed by atoms with Gasteiger partial charge in [0.25, 0.3) is 0 Å². The summed E-state index contributed by atoms with van der Waals surface area (Å²) in [7, 11) is 0. The topological polar surface area (TPSA) is 41.6 Å². The highest BCUT2D eigenvalue weighted by molar-refractivity contribution is 5.59. The molecule has 1 heterocycles. The molecule has 1 N–H and O–H groups in total. The van der Waals surface area contributed by atoms with Crippen LogP contribution < -0.4 is 0 Å². The molecular formula is C19H19N3. The summed E-state index contributed by atoms with van der Waals surface area (Å²) in [5, 5.41) is 6.91. The molecule has 3 heteroatoms. The molecule has 1 aliphatic rings. The van der Waals surface area contributed by atoms with Crippen LogP contribution in [0.4, 0.5) is 0 Å². The molecule has 3 nitrogen and oxygen atoms in total. The molecule has 0 bridgehead atoms. The molecule has 1 unspecified atom stereocenters. The Hall–Kier alpha value is -2.42. The van der Waals surface area contributed by atoms with E-state index in [1.165, 1.54) is 28.7 Å². The summed E-state index contributed by atoms with van der Waals surface area (Å²) in [4.78, 5) is 4.27. The maximum absolute atomic E-state index is 4.27. The first-order valence-electron chi connectivity index (χ1n) is 7.92. The molecule has 0 fully saturated rings. The Labute approximate surface area is 130 Å². The van der Waals surface area contributed by atoms with Crippen molar-refractivity contribution in [1.82, 2.24) is 15.2 Å². The number of H-pyrrole nitrogens is 1. The molecule has 22 heavy (non-hydrogen) atoms. The lowest BCUT2D eigenvalue weighted by atomic mass is 9.90. The van der Waals surface area contributed by atoms with Gasteiger partial charge in [-0.15, -0.1) is 0 Å².